The zero-order valence-corrected chi connectivity index (χ0v) is 7.21. The molecule has 1 heterocycles. The van der Waals surface area contributed by atoms with Gasteiger partial charge in [0.05, 0.1) is 6.54 Å². The summed E-state index contributed by atoms with van der Waals surface area (Å²) in [6, 6.07) is 4.04. The minimum absolute atomic E-state index is 0.612. The van der Waals surface area contributed by atoms with E-state index in [0.29, 0.717) is 12.5 Å². The van der Waals surface area contributed by atoms with Gasteiger partial charge in [-0.2, -0.15) is 0 Å². The van der Waals surface area contributed by atoms with Gasteiger partial charge >= 0.3 is 0 Å². The molecule has 66 valence electrons. The molecule has 0 saturated heterocycles. The van der Waals surface area contributed by atoms with Gasteiger partial charge in [0, 0.05) is 5.92 Å². The topological polar surface area (TPSA) is 51.2 Å². The molecule has 1 aromatic rings. The molecule has 0 bridgehead atoms. The lowest BCUT2D eigenvalue weighted by atomic mass is 10.3. The van der Waals surface area contributed by atoms with Crippen molar-refractivity contribution in [2.75, 3.05) is 0 Å². The van der Waals surface area contributed by atoms with Crippen molar-refractivity contribution < 1.29 is 4.42 Å². The summed E-state index contributed by atoms with van der Waals surface area (Å²) in [4.78, 5) is 0. The molecule has 0 aliphatic heterocycles. The first-order valence-electron chi connectivity index (χ1n) is 4.33. The van der Waals surface area contributed by atoms with Gasteiger partial charge in [0.2, 0.25) is 0 Å². The number of hydrogen-bond donors (Lipinski definition) is 2. The predicted molar refractivity (Wildman–Crippen MR) is 46.3 cm³/mol. The largest absolute Gasteiger partial charge is 0.464 e. The first-order chi connectivity index (χ1) is 5.81. The fourth-order valence-electron chi connectivity index (χ4n) is 1.51. The van der Waals surface area contributed by atoms with Crippen LogP contribution in [-0.4, -0.2) is 0 Å². The average molecular weight is 166 g/mol. The van der Waals surface area contributed by atoms with E-state index in [2.05, 4.69) is 18.4 Å². The lowest BCUT2D eigenvalue weighted by molar-refractivity contribution is 0.447. The number of hydrogen-bond acceptors (Lipinski definition) is 3. The molecule has 12 heavy (non-hydrogen) atoms. The molecule has 1 aromatic heterocycles. The van der Waals surface area contributed by atoms with E-state index in [1.807, 2.05) is 6.07 Å². The Bertz CT molecular complexity index is 269. The Morgan fingerprint density at radius 3 is 3.00 bits per heavy atom. The fraction of sp³-hybridized carbons (Fsp3) is 0.556. The smallest absolute Gasteiger partial charge is 0.119 e. The Morgan fingerprint density at radius 2 is 2.42 bits per heavy atom. The maximum Gasteiger partial charge on any atom is 0.119 e. The van der Waals surface area contributed by atoms with Crippen molar-refractivity contribution in [3.8, 4) is 0 Å². The van der Waals surface area contributed by atoms with E-state index in [1.54, 1.807) is 0 Å². The molecule has 3 N–H and O–H groups in total. The molecule has 2 rings (SSSR count). The SMILES string of the molecule is CC1CC1c1ccc(CNN)o1. The Hall–Kier alpha value is -0.800. The minimum atomic E-state index is 0.612. The molecular weight excluding hydrogens is 152 g/mol. The zero-order valence-electron chi connectivity index (χ0n) is 7.21. The molecule has 1 aliphatic carbocycles. The normalized spacial score (nSPS) is 27.5. The van der Waals surface area contributed by atoms with Crippen LogP contribution in [0.25, 0.3) is 0 Å². The molecule has 0 aromatic carbocycles. The molecule has 2 unspecified atom stereocenters. The second kappa shape index (κ2) is 2.92. The Labute approximate surface area is 71.9 Å². The summed E-state index contributed by atoms with van der Waals surface area (Å²) >= 11 is 0. The van der Waals surface area contributed by atoms with Crippen LogP contribution in [0.3, 0.4) is 0 Å². The van der Waals surface area contributed by atoms with Gasteiger partial charge in [0.25, 0.3) is 0 Å². The summed E-state index contributed by atoms with van der Waals surface area (Å²) < 4.78 is 5.58. The molecule has 1 saturated carbocycles. The summed E-state index contributed by atoms with van der Waals surface area (Å²) in [5.41, 5.74) is 2.57. The Balaban J connectivity index is 2.04. The van der Waals surface area contributed by atoms with Crippen LogP contribution < -0.4 is 11.3 Å². The van der Waals surface area contributed by atoms with Gasteiger partial charge in [-0.05, 0) is 24.5 Å². The molecule has 0 spiro atoms. The van der Waals surface area contributed by atoms with Crippen LogP contribution in [0.1, 0.15) is 30.8 Å². The Kier molecular flexibility index (Phi) is 1.90. The van der Waals surface area contributed by atoms with E-state index >= 15 is 0 Å². The Morgan fingerprint density at radius 1 is 1.67 bits per heavy atom. The van der Waals surface area contributed by atoms with E-state index in [0.717, 1.165) is 17.4 Å². The van der Waals surface area contributed by atoms with Crippen molar-refractivity contribution in [3.05, 3.63) is 23.7 Å². The summed E-state index contributed by atoms with van der Waals surface area (Å²) in [6.45, 7) is 2.86. The lowest BCUT2D eigenvalue weighted by Crippen LogP contribution is -2.20. The zero-order chi connectivity index (χ0) is 8.55. The third-order valence-electron chi connectivity index (χ3n) is 2.43. The highest BCUT2D eigenvalue weighted by Crippen LogP contribution is 2.47. The van der Waals surface area contributed by atoms with Gasteiger partial charge < -0.3 is 4.42 Å². The minimum Gasteiger partial charge on any atom is -0.464 e. The van der Waals surface area contributed by atoms with Gasteiger partial charge in [-0.1, -0.05) is 6.92 Å². The van der Waals surface area contributed by atoms with Crippen molar-refractivity contribution >= 4 is 0 Å². The number of nitrogens with one attached hydrogen (secondary N) is 1. The lowest BCUT2D eigenvalue weighted by Gasteiger charge is -1.93. The molecule has 3 heteroatoms. The second-order valence-corrected chi connectivity index (χ2v) is 3.50. The monoisotopic (exact) mass is 166 g/mol. The number of nitrogens with two attached hydrogens (primary N) is 1. The number of rotatable bonds is 3. The molecule has 0 amide bonds. The van der Waals surface area contributed by atoms with E-state index in [1.165, 1.54) is 6.42 Å². The highest BCUT2D eigenvalue weighted by atomic mass is 16.3. The van der Waals surface area contributed by atoms with Gasteiger partial charge in [0.1, 0.15) is 11.5 Å². The van der Waals surface area contributed by atoms with Crippen LogP contribution in [-0.2, 0) is 6.54 Å². The summed E-state index contributed by atoms with van der Waals surface area (Å²) in [5.74, 6) is 8.68. The van der Waals surface area contributed by atoms with Crippen molar-refractivity contribution in [1.82, 2.24) is 5.43 Å². The first kappa shape index (κ1) is 7.83. The van der Waals surface area contributed by atoms with Crippen molar-refractivity contribution in [3.63, 3.8) is 0 Å². The second-order valence-electron chi connectivity index (χ2n) is 3.50. The summed E-state index contributed by atoms with van der Waals surface area (Å²) in [7, 11) is 0. The van der Waals surface area contributed by atoms with Crippen molar-refractivity contribution in [2.24, 2.45) is 11.8 Å². The standard InChI is InChI=1S/C9H14N2O/c1-6-4-8(6)9-3-2-7(12-9)5-11-10/h2-3,6,8,11H,4-5,10H2,1H3. The van der Waals surface area contributed by atoms with Crippen molar-refractivity contribution in [1.29, 1.82) is 0 Å². The van der Waals surface area contributed by atoms with Crippen LogP contribution in [0.15, 0.2) is 16.5 Å². The molecule has 1 fully saturated rings. The summed E-state index contributed by atoms with van der Waals surface area (Å²) in [5, 5.41) is 0. The third-order valence-corrected chi connectivity index (χ3v) is 2.43. The maximum atomic E-state index is 5.58. The average Bonchev–Trinajstić information content (AvgIpc) is 2.62. The van der Waals surface area contributed by atoms with Gasteiger partial charge in [-0.25, -0.2) is 0 Å². The van der Waals surface area contributed by atoms with E-state index in [4.69, 9.17) is 10.3 Å². The van der Waals surface area contributed by atoms with Crippen LogP contribution in [0, 0.1) is 5.92 Å². The fourth-order valence-corrected chi connectivity index (χ4v) is 1.51. The van der Waals surface area contributed by atoms with Gasteiger partial charge in [0.15, 0.2) is 0 Å². The van der Waals surface area contributed by atoms with Gasteiger partial charge in [-0.15, -0.1) is 0 Å². The van der Waals surface area contributed by atoms with E-state index in [9.17, 15) is 0 Å². The van der Waals surface area contributed by atoms with Crippen molar-refractivity contribution in [2.45, 2.75) is 25.8 Å². The third kappa shape index (κ3) is 1.38. The number of furan rings is 1. The van der Waals surface area contributed by atoms with Crippen LogP contribution in [0.5, 0.6) is 0 Å². The molecule has 3 nitrogen and oxygen atoms in total. The molecule has 2 atom stereocenters. The van der Waals surface area contributed by atoms with Crippen LogP contribution >= 0.6 is 0 Å². The number of hydrazine groups is 1. The van der Waals surface area contributed by atoms with Crippen LogP contribution in [0.4, 0.5) is 0 Å². The van der Waals surface area contributed by atoms with E-state index < -0.39 is 0 Å². The van der Waals surface area contributed by atoms with Gasteiger partial charge in [-0.3, -0.25) is 11.3 Å². The summed E-state index contributed by atoms with van der Waals surface area (Å²) in [6.07, 6.45) is 1.27. The highest BCUT2D eigenvalue weighted by Gasteiger charge is 2.36. The quantitative estimate of drug-likeness (QED) is 0.526. The highest BCUT2D eigenvalue weighted by molar-refractivity contribution is 5.17. The maximum absolute atomic E-state index is 5.58. The molecule has 1 aliphatic rings. The predicted octanol–water partition coefficient (Wildman–Crippen LogP) is 1.37. The first-order valence-corrected chi connectivity index (χ1v) is 4.33. The molecule has 0 radical (unpaired) electrons. The molecular formula is C9H14N2O. The van der Waals surface area contributed by atoms with Crippen LogP contribution in [0.2, 0.25) is 0 Å². The van der Waals surface area contributed by atoms with E-state index in [-0.39, 0.29) is 0 Å².